The molecule has 150 valence electrons. The standard InChI is InChI=1S/C20H18N2O5S2/c1-22(29(25,26)18-8-5-13-28-18)15-11-9-14(10-12-15)19(23)21-17-7-4-3-6-16(17)20(24)27-2/h3-13H,1-2H3,(H,21,23). The van der Waals surface area contributed by atoms with E-state index in [1.54, 1.807) is 47.8 Å². The number of carbonyl (C=O) groups excluding carboxylic acids is 2. The summed E-state index contributed by atoms with van der Waals surface area (Å²) in [5.74, 6) is -0.992. The Morgan fingerprint density at radius 2 is 1.69 bits per heavy atom. The van der Waals surface area contributed by atoms with Crippen LogP contribution in [0.1, 0.15) is 20.7 Å². The zero-order valence-electron chi connectivity index (χ0n) is 15.7. The van der Waals surface area contributed by atoms with Crippen LogP contribution in [0.4, 0.5) is 11.4 Å². The van der Waals surface area contributed by atoms with E-state index in [1.165, 1.54) is 32.4 Å². The van der Waals surface area contributed by atoms with Crippen LogP contribution in [-0.2, 0) is 14.8 Å². The molecule has 1 heterocycles. The van der Waals surface area contributed by atoms with Gasteiger partial charge in [0.25, 0.3) is 15.9 Å². The summed E-state index contributed by atoms with van der Waals surface area (Å²) >= 11 is 1.14. The molecule has 0 radical (unpaired) electrons. The van der Waals surface area contributed by atoms with Crippen molar-refractivity contribution in [3.63, 3.8) is 0 Å². The second-order valence-electron chi connectivity index (χ2n) is 5.94. The predicted molar refractivity (Wildman–Crippen MR) is 112 cm³/mol. The summed E-state index contributed by atoms with van der Waals surface area (Å²) in [4.78, 5) is 24.4. The number of thiophene rings is 1. The normalized spacial score (nSPS) is 11.0. The number of nitrogens with one attached hydrogen (secondary N) is 1. The number of rotatable bonds is 6. The predicted octanol–water partition coefficient (Wildman–Crippen LogP) is 3.61. The van der Waals surface area contributed by atoms with E-state index in [-0.39, 0.29) is 9.77 Å². The molecule has 0 aliphatic rings. The van der Waals surface area contributed by atoms with Crippen molar-refractivity contribution >= 4 is 44.6 Å². The summed E-state index contributed by atoms with van der Waals surface area (Å²) in [7, 11) is -0.929. The molecule has 0 saturated carbocycles. The molecule has 1 N–H and O–H groups in total. The first-order valence-electron chi connectivity index (χ1n) is 8.46. The number of methoxy groups -OCH3 is 1. The Labute approximate surface area is 172 Å². The molecule has 0 atom stereocenters. The Morgan fingerprint density at radius 3 is 2.31 bits per heavy atom. The molecule has 0 fully saturated rings. The summed E-state index contributed by atoms with van der Waals surface area (Å²) in [5.41, 5.74) is 1.30. The first kappa shape index (κ1) is 20.6. The number of ether oxygens (including phenoxy) is 1. The van der Waals surface area contributed by atoms with Gasteiger partial charge in [0, 0.05) is 12.6 Å². The van der Waals surface area contributed by atoms with Gasteiger partial charge in [-0.05, 0) is 47.8 Å². The maximum Gasteiger partial charge on any atom is 0.339 e. The van der Waals surface area contributed by atoms with E-state index in [4.69, 9.17) is 4.74 Å². The van der Waals surface area contributed by atoms with Crippen molar-refractivity contribution < 1.29 is 22.7 Å². The van der Waals surface area contributed by atoms with Crippen molar-refractivity contribution in [2.45, 2.75) is 4.21 Å². The Morgan fingerprint density at radius 1 is 1.00 bits per heavy atom. The van der Waals surface area contributed by atoms with E-state index in [0.29, 0.717) is 16.9 Å². The Kier molecular flexibility index (Phi) is 6.00. The van der Waals surface area contributed by atoms with Gasteiger partial charge >= 0.3 is 5.97 Å². The number of carbonyl (C=O) groups is 2. The largest absolute Gasteiger partial charge is 0.465 e. The molecule has 0 unspecified atom stereocenters. The molecular formula is C20H18N2O5S2. The average Bonchev–Trinajstić information content (AvgIpc) is 3.29. The third-order valence-electron chi connectivity index (χ3n) is 4.18. The topological polar surface area (TPSA) is 92.8 Å². The number of amides is 1. The first-order chi connectivity index (χ1) is 13.8. The third kappa shape index (κ3) is 4.30. The van der Waals surface area contributed by atoms with Crippen LogP contribution < -0.4 is 9.62 Å². The van der Waals surface area contributed by atoms with Gasteiger partial charge in [-0.1, -0.05) is 18.2 Å². The van der Waals surface area contributed by atoms with E-state index in [9.17, 15) is 18.0 Å². The molecule has 9 heteroatoms. The van der Waals surface area contributed by atoms with Gasteiger partial charge in [0.1, 0.15) is 4.21 Å². The number of benzene rings is 2. The Bertz CT molecular complexity index is 1120. The van der Waals surface area contributed by atoms with Crippen LogP contribution in [0.3, 0.4) is 0 Å². The number of sulfonamides is 1. The molecule has 3 rings (SSSR count). The van der Waals surface area contributed by atoms with Gasteiger partial charge in [-0.3, -0.25) is 9.10 Å². The number of anilines is 2. The van der Waals surface area contributed by atoms with Crippen molar-refractivity contribution in [1.82, 2.24) is 0 Å². The summed E-state index contributed by atoms with van der Waals surface area (Å²) in [6.07, 6.45) is 0. The molecule has 2 aromatic carbocycles. The van der Waals surface area contributed by atoms with Gasteiger partial charge in [-0.2, -0.15) is 0 Å². The van der Waals surface area contributed by atoms with Crippen molar-refractivity contribution in [2.75, 3.05) is 23.8 Å². The Hall–Kier alpha value is -3.17. The minimum Gasteiger partial charge on any atom is -0.465 e. The lowest BCUT2D eigenvalue weighted by Crippen LogP contribution is -2.25. The minimum atomic E-state index is -3.65. The highest BCUT2D eigenvalue weighted by Crippen LogP contribution is 2.25. The quantitative estimate of drug-likeness (QED) is 0.603. The molecule has 3 aromatic rings. The van der Waals surface area contributed by atoms with E-state index in [0.717, 1.165) is 15.6 Å². The molecular weight excluding hydrogens is 412 g/mol. The lowest BCUT2D eigenvalue weighted by Gasteiger charge is -2.18. The molecule has 29 heavy (non-hydrogen) atoms. The summed E-state index contributed by atoms with van der Waals surface area (Å²) in [6.45, 7) is 0. The van der Waals surface area contributed by atoms with E-state index < -0.39 is 21.9 Å². The van der Waals surface area contributed by atoms with Crippen LogP contribution in [0.2, 0.25) is 0 Å². The van der Waals surface area contributed by atoms with Crippen LogP contribution in [-0.4, -0.2) is 34.5 Å². The highest BCUT2D eigenvalue weighted by molar-refractivity contribution is 7.94. The highest BCUT2D eigenvalue weighted by atomic mass is 32.2. The maximum atomic E-state index is 12.6. The van der Waals surface area contributed by atoms with E-state index in [2.05, 4.69) is 5.32 Å². The van der Waals surface area contributed by atoms with Gasteiger partial charge in [-0.15, -0.1) is 11.3 Å². The molecule has 0 spiro atoms. The van der Waals surface area contributed by atoms with E-state index in [1.807, 2.05) is 0 Å². The fraction of sp³-hybridized carbons (Fsp3) is 0.100. The number of para-hydroxylation sites is 1. The highest BCUT2D eigenvalue weighted by Gasteiger charge is 2.22. The third-order valence-corrected chi connectivity index (χ3v) is 7.34. The van der Waals surface area contributed by atoms with Crippen LogP contribution in [0.5, 0.6) is 0 Å². The monoisotopic (exact) mass is 430 g/mol. The number of nitrogens with zero attached hydrogens (tertiary/aromatic N) is 1. The van der Waals surface area contributed by atoms with Crippen molar-refractivity contribution in [2.24, 2.45) is 0 Å². The molecule has 0 aliphatic heterocycles. The second kappa shape index (κ2) is 8.46. The summed E-state index contributed by atoms with van der Waals surface area (Å²) in [5, 5.41) is 4.37. The number of hydrogen-bond acceptors (Lipinski definition) is 6. The molecule has 7 nitrogen and oxygen atoms in total. The van der Waals surface area contributed by atoms with Crippen LogP contribution in [0.25, 0.3) is 0 Å². The zero-order chi connectivity index (χ0) is 21.0. The molecule has 1 aromatic heterocycles. The fourth-order valence-corrected chi connectivity index (χ4v) is 4.94. The zero-order valence-corrected chi connectivity index (χ0v) is 17.3. The first-order valence-corrected chi connectivity index (χ1v) is 10.8. The van der Waals surface area contributed by atoms with Crippen molar-refractivity contribution in [3.05, 3.63) is 77.2 Å². The summed E-state index contributed by atoms with van der Waals surface area (Å²) < 4.78 is 31.3. The molecule has 0 bridgehead atoms. The van der Waals surface area contributed by atoms with E-state index >= 15 is 0 Å². The lowest BCUT2D eigenvalue weighted by atomic mass is 10.1. The maximum absolute atomic E-state index is 12.6. The van der Waals surface area contributed by atoms with Crippen LogP contribution >= 0.6 is 11.3 Å². The lowest BCUT2D eigenvalue weighted by molar-refractivity contribution is 0.0602. The smallest absolute Gasteiger partial charge is 0.339 e. The van der Waals surface area contributed by atoms with Gasteiger partial charge < -0.3 is 10.1 Å². The number of hydrogen-bond donors (Lipinski definition) is 1. The average molecular weight is 431 g/mol. The SMILES string of the molecule is COC(=O)c1ccccc1NC(=O)c1ccc(N(C)S(=O)(=O)c2cccs2)cc1. The van der Waals surface area contributed by atoms with Gasteiger partial charge in [-0.25, -0.2) is 13.2 Å². The van der Waals surface area contributed by atoms with Crippen molar-refractivity contribution in [1.29, 1.82) is 0 Å². The summed E-state index contributed by atoms with van der Waals surface area (Å²) in [6, 6.07) is 15.9. The number of esters is 1. The molecule has 0 aliphatic carbocycles. The second-order valence-corrected chi connectivity index (χ2v) is 9.09. The van der Waals surface area contributed by atoms with Gasteiger partial charge in [0.2, 0.25) is 0 Å². The van der Waals surface area contributed by atoms with Crippen LogP contribution in [0.15, 0.2) is 70.3 Å². The van der Waals surface area contributed by atoms with Crippen LogP contribution in [0, 0.1) is 0 Å². The fourth-order valence-electron chi connectivity index (χ4n) is 2.58. The van der Waals surface area contributed by atoms with Gasteiger partial charge in [0.15, 0.2) is 0 Å². The van der Waals surface area contributed by atoms with Gasteiger partial charge in [0.05, 0.1) is 24.0 Å². The molecule has 1 amide bonds. The van der Waals surface area contributed by atoms with Crippen molar-refractivity contribution in [3.8, 4) is 0 Å². The minimum absolute atomic E-state index is 0.237. The Balaban J connectivity index is 1.79. The molecule has 0 saturated heterocycles.